The molecule has 1 N–H and O–H groups in total. The van der Waals surface area contributed by atoms with Gasteiger partial charge in [-0.25, -0.2) is 0 Å². The molecule has 0 radical (unpaired) electrons. The number of hydrogen-bond donors (Lipinski definition) is 1. The summed E-state index contributed by atoms with van der Waals surface area (Å²) in [6.07, 6.45) is 3.87. The van der Waals surface area contributed by atoms with Crippen LogP contribution in [0.1, 0.15) is 46.0 Å². The van der Waals surface area contributed by atoms with Crippen LogP contribution >= 0.6 is 0 Å². The van der Waals surface area contributed by atoms with E-state index in [9.17, 15) is 14.4 Å². The lowest BCUT2D eigenvalue weighted by Crippen LogP contribution is -2.59. The maximum absolute atomic E-state index is 12.7. The second-order valence-corrected chi connectivity index (χ2v) is 7.13. The van der Waals surface area contributed by atoms with Crippen molar-refractivity contribution >= 4 is 17.8 Å². The van der Waals surface area contributed by atoms with Crippen LogP contribution in [0.4, 0.5) is 0 Å². The van der Waals surface area contributed by atoms with Crippen LogP contribution in [0.15, 0.2) is 0 Å². The molecule has 2 aliphatic rings. The molecule has 0 saturated carbocycles. The smallest absolute Gasteiger partial charge is 0.308 e. The van der Waals surface area contributed by atoms with Crippen molar-refractivity contribution in [2.75, 3.05) is 39.3 Å². The van der Waals surface area contributed by atoms with E-state index >= 15 is 0 Å². The van der Waals surface area contributed by atoms with E-state index < -0.39 is 12.0 Å². The first-order valence-corrected chi connectivity index (χ1v) is 9.46. The van der Waals surface area contributed by atoms with Gasteiger partial charge in [-0.05, 0) is 38.3 Å². The number of rotatable bonds is 7. The lowest BCUT2D eigenvalue weighted by atomic mass is 9.99. The van der Waals surface area contributed by atoms with Crippen molar-refractivity contribution in [3.8, 4) is 0 Å². The van der Waals surface area contributed by atoms with E-state index in [0.717, 1.165) is 38.8 Å². The fourth-order valence-electron chi connectivity index (χ4n) is 3.27. The van der Waals surface area contributed by atoms with Crippen LogP contribution < -0.4 is 5.32 Å². The highest BCUT2D eigenvalue weighted by Crippen LogP contribution is 2.17. The number of likely N-dealkylation sites (tertiary alicyclic amines) is 1. The zero-order chi connectivity index (χ0) is 18.2. The molecule has 142 valence electrons. The zero-order valence-corrected chi connectivity index (χ0v) is 15.5. The number of hydrogen-bond acceptors (Lipinski definition) is 5. The van der Waals surface area contributed by atoms with Crippen LogP contribution in [0.25, 0.3) is 0 Å². The molecule has 1 atom stereocenters. The van der Waals surface area contributed by atoms with E-state index in [-0.39, 0.29) is 18.2 Å². The first-order valence-electron chi connectivity index (χ1n) is 9.46. The Bertz CT molecular complexity index is 475. The van der Waals surface area contributed by atoms with Gasteiger partial charge in [0.2, 0.25) is 11.8 Å². The largest absolute Gasteiger partial charge is 0.466 e. The normalized spacial score (nSPS) is 22.6. The third-order valence-corrected chi connectivity index (χ3v) is 5.01. The van der Waals surface area contributed by atoms with Crippen LogP contribution in [0.2, 0.25) is 0 Å². The quantitative estimate of drug-likeness (QED) is 0.540. The van der Waals surface area contributed by atoms with Gasteiger partial charge >= 0.3 is 5.97 Å². The molecule has 0 aliphatic carbocycles. The molecule has 2 amide bonds. The highest BCUT2D eigenvalue weighted by molar-refractivity contribution is 5.92. The van der Waals surface area contributed by atoms with E-state index in [2.05, 4.69) is 17.1 Å². The van der Waals surface area contributed by atoms with Crippen LogP contribution in [-0.2, 0) is 19.1 Å². The Hall–Kier alpha value is -1.63. The Labute approximate surface area is 150 Å². The summed E-state index contributed by atoms with van der Waals surface area (Å²) >= 11 is 0. The molecule has 0 aromatic rings. The van der Waals surface area contributed by atoms with Gasteiger partial charge in [0, 0.05) is 13.1 Å². The number of ether oxygens (including phenoxy) is 1. The number of unbranched alkanes of at least 4 members (excludes halogenated alkanes) is 1. The topological polar surface area (TPSA) is 79.0 Å². The standard InChI is InChI=1S/C18H31N3O4/c1-3-4-11-25-17(23)12-15-18(24)19-7-10-21(15)16(22)13-20-8-5-14(2)6-9-20/h14-15H,3-13H2,1-2H3,(H,19,24). The van der Waals surface area contributed by atoms with E-state index in [4.69, 9.17) is 4.74 Å². The maximum atomic E-state index is 12.7. The Morgan fingerprint density at radius 3 is 2.64 bits per heavy atom. The Morgan fingerprint density at radius 1 is 1.24 bits per heavy atom. The molecule has 2 heterocycles. The average molecular weight is 353 g/mol. The van der Waals surface area contributed by atoms with E-state index in [1.54, 1.807) is 4.90 Å². The van der Waals surface area contributed by atoms with Crippen molar-refractivity contribution in [1.29, 1.82) is 0 Å². The summed E-state index contributed by atoms with van der Waals surface area (Å²) < 4.78 is 5.16. The second kappa shape index (κ2) is 9.75. The molecule has 2 saturated heterocycles. The summed E-state index contributed by atoms with van der Waals surface area (Å²) in [6, 6.07) is -0.751. The molecule has 0 aromatic heterocycles. The number of piperazine rings is 1. The zero-order valence-electron chi connectivity index (χ0n) is 15.5. The molecular formula is C18H31N3O4. The molecule has 0 bridgehead atoms. The van der Waals surface area contributed by atoms with Gasteiger partial charge in [0.25, 0.3) is 0 Å². The van der Waals surface area contributed by atoms with Gasteiger partial charge < -0.3 is 15.0 Å². The molecule has 1 unspecified atom stereocenters. The highest BCUT2D eigenvalue weighted by atomic mass is 16.5. The number of carbonyl (C=O) groups is 3. The molecule has 2 rings (SSSR count). The SMILES string of the molecule is CCCCOC(=O)CC1C(=O)NCCN1C(=O)CN1CCC(C)CC1. The second-order valence-electron chi connectivity index (χ2n) is 7.13. The summed E-state index contributed by atoms with van der Waals surface area (Å²) in [5, 5.41) is 2.74. The molecule has 0 spiro atoms. The van der Waals surface area contributed by atoms with Crippen molar-refractivity contribution in [2.45, 2.75) is 52.0 Å². The lowest BCUT2D eigenvalue weighted by Gasteiger charge is -2.37. The Morgan fingerprint density at radius 2 is 1.96 bits per heavy atom. The molecule has 2 aliphatic heterocycles. The van der Waals surface area contributed by atoms with Crippen LogP contribution in [0.3, 0.4) is 0 Å². The van der Waals surface area contributed by atoms with Crippen LogP contribution in [0, 0.1) is 5.92 Å². The van der Waals surface area contributed by atoms with Gasteiger partial charge in [-0.15, -0.1) is 0 Å². The third kappa shape index (κ3) is 5.99. The monoisotopic (exact) mass is 353 g/mol. The first kappa shape index (κ1) is 19.7. The highest BCUT2D eigenvalue weighted by Gasteiger charge is 2.35. The summed E-state index contributed by atoms with van der Waals surface area (Å²) in [7, 11) is 0. The van der Waals surface area contributed by atoms with Gasteiger partial charge in [-0.3, -0.25) is 19.3 Å². The molecule has 7 nitrogen and oxygen atoms in total. The van der Waals surface area contributed by atoms with Crippen LogP contribution in [-0.4, -0.2) is 73.0 Å². The van der Waals surface area contributed by atoms with Gasteiger partial charge in [-0.1, -0.05) is 20.3 Å². The summed E-state index contributed by atoms with van der Waals surface area (Å²) in [4.78, 5) is 40.6. The van der Waals surface area contributed by atoms with E-state index in [1.165, 1.54) is 0 Å². The minimum absolute atomic E-state index is 0.0711. The van der Waals surface area contributed by atoms with Crippen molar-refractivity contribution in [3.05, 3.63) is 0 Å². The number of nitrogens with zero attached hydrogens (tertiary/aromatic N) is 2. The number of esters is 1. The number of amides is 2. The summed E-state index contributed by atoms with van der Waals surface area (Å²) in [6.45, 7) is 7.64. The molecule has 2 fully saturated rings. The van der Waals surface area contributed by atoms with E-state index in [1.807, 2.05) is 6.92 Å². The molecule has 7 heteroatoms. The fraction of sp³-hybridized carbons (Fsp3) is 0.833. The maximum Gasteiger partial charge on any atom is 0.308 e. The fourth-order valence-corrected chi connectivity index (χ4v) is 3.27. The summed E-state index contributed by atoms with van der Waals surface area (Å²) in [5.41, 5.74) is 0. The van der Waals surface area contributed by atoms with E-state index in [0.29, 0.717) is 32.2 Å². The van der Waals surface area contributed by atoms with Crippen LogP contribution in [0.5, 0.6) is 0 Å². The number of carbonyl (C=O) groups excluding carboxylic acids is 3. The minimum Gasteiger partial charge on any atom is -0.466 e. The predicted octanol–water partition coefficient (Wildman–Crippen LogP) is 0.779. The number of piperidine rings is 1. The lowest BCUT2D eigenvalue weighted by molar-refractivity contribution is -0.152. The average Bonchev–Trinajstić information content (AvgIpc) is 2.59. The third-order valence-electron chi connectivity index (χ3n) is 5.01. The van der Waals surface area contributed by atoms with Crippen molar-refractivity contribution in [3.63, 3.8) is 0 Å². The van der Waals surface area contributed by atoms with Crippen molar-refractivity contribution in [1.82, 2.24) is 15.1 Å². The predicted molar refractivity (Wildman–Crippen MR) is 93.8 cm³/mol. The Balaban J connectivity index is 1.89. The van der Waals surface area contributed by atoms with Gasteiger partial charge in [0.15, 0.2) is 0 Å². The minimum atomic E-state index is -0.751. The molecular weight excluding hydrogens is 322 g/mol. The molecule has 25 heavy (non-hydrogen) atoms. The Kier molecular flexibility index (Phi) is 7.68. The van der Waals surface area contributed by atoms with Gasteiger partial charge in [0.05, 0.1) is 19.6 Å². The van der Waals surface area contributed by atoms with Crippen molar-refractivity contribution < 1.29 is 19.1 Å². The summed E-state index contributed by atoms with van der Waals surface area (Å²) in [5.74, 6) is -0.0482. The number of nitrogens with one attached hydrogen (secondary N) is 1. The molecule has 0 aromatic carbocycles. The van der Waals surface area contributed by atoms with Gasteiger partial charge in [0.1, 0.15) is 6.04 Å². The first-order chi connectivity index (χ1) is 12.0. The van der Waals surface area contributed by atoms with Gasteiger partial charge in [-0.2, -0.15) is 0 Å². The van der Waals surface area contributed by atoms with Crippen molar-refractivity contribution in [2.24, 2.45) is 5.92 Å².